The molecular formula is C15H31N3O. The van der Waals surface area contributed by atoms with Gasteiger partial charge in [-0.25, -0.2) is 0 Å². The molecule has 1 saturated heterocycles. The van der Waals surface area contributed by atoms with Crippen molar-refractivity contribution < 1.29 is 4.79 Å². The van der Waals surface area contributed by atoms with Crippen LogP contribution in [0, 0.1) is 5.41 Å². The molecule has 1 aliphatic heterocycles. The monoisotopic (exact) mass is 269 g/mol. The van der Waals surface area contributed by atoms with Gasteiger partial charge >= 0.3 is 0 Å². The fourth-order valence-corrected chi connectivity index (χ4v) is 2.71. The van der Waals surface area contributed by atoms with Gasteiger partial charge in [-0.05, 0) is 37.8 Å². The molecule has 4 heteroatoms. The second-order valence-electron chi connectivity index (χ2n) is 6.98. The Balaban J connectivity index is 2.10. The van der Waals surface area contributed by atoms with Crippen molar-refractivity contribution in [1.29, 1.82) is 0 Å². The number of hydrogen-bond acceptors (Lipinski definition) is 3. The number of hydrogen-bond donors (Lipinski definition) is 2. The lowest BCUT2D eigenvalue weighted by atomic mass is 9.87. The number of rotatable bonds is 6. The van der Waals surface area contributed by atoms with Gasteiger partial charge in [0.15, 0.2) is 0 Å². The van der Waals surface area contributed by atoms with Crippen molar-refractivity contribution >= 4 is 5.91 Å². The predicted molar refractivity (Wildman–Crippen MR) is 80.0 cm³/mol. The number of carbonyl (C=O) groups excluding carboxylic acids is 1. The summed E-state index contributed by atoms with van der Waals surface area (Å²) in [5, 5.41) is 2.99. The van der Waals surface area contributed by atoms with Crippen molar-refractivity contribution in [2.45, 2.75) is 58.9 Å². The standard InChI is InChI=1S/C15H31N3O/c1-15(2,3)12-13(16)11-14(19)17-7-10-18-8-5-4-6-9-18/h13H,4-12,16H2,1-3H3,(H,17,19). The summed E-state index contributed by atoms with van der Waals surface area (Å²) in [6.45, 7) is 10.5. The summed E-state index contributed by atoms with van der Waals surface area (Å²) in [5.41, 5.74) is 6.19. The van der Waals surface area contributed by atoms with Crippen molar-refractivity contribution in [1.82, 2.24) is 10.2 Å². The maximum absolute atomic E-state index is 11.8. The summed E-state index contributed by atoms with van der Waals surface area (Å²) in [6.07, 6.45) is 5.27. The summed E-state index contributed by atoms with van der Waals surface area (Å²) >= 11 is 0. The summed E-state index contributed by atoms with van der Waals surface area (Å²) in [7, 11) is 0. The minimum absolute atomic E-state index is 0.0324. The topological polar surface area (TPSA) is 58.4 Å². The van der Waals surface area contributed by atoms with Gasteiger partial charge in [0.25, 0.3) is 0 Å². The number of carbonyl (C=O) groups is 1. The molecule has 0 aromatic carbocycles. The van der Waals surface area contributed by atoms with Gasteiger partial charge < -0.3 is 16.0 Å². The maximum atomic E-state index is 11.8. The second-order valence-corrected chi connectivity index (χ2v) is 6.98. The van der Waals surface area contributed by atoms with Crippen LogP contribution in [-0.4, -0.2) is 43.0 Å². The van der Waals surface area contributed by atoms with Gasteiger partial charge in [0.2, 0.25) is 5.91 Å². The Morgan fingerprint density at radius 1 is 1.26 bits per heavy atom. The van der Waals surface area contributed by atoms with Gasteiger partial charge in [0, 0.05) is 25.6 Å². The van der Waals surface area contributed by atoms with Crippen molar-refractivity contribution in [2.75, 3.05) is 26.2 Å². The lowest BCUT2D eigenvalue weighted by molar-refractivity contribution is -0.121. The van der Waals surface area contributed by atoms with Crippen molar-refractivity contribution in [3.8, 4) is 0 Å². The zero-order valence-electron chi connectivity index (χ0n) is 12.9. The Hall–Kier alpha value is -0.610. The first-order valence-corrected chi connectivity index (χ1v) is 7.61. The second kappa shape index (κ2) is 7.85. The van der Waals surface area contributed by atoms with E-state index < -0.39 is 0 Å². The van der Waals surface area contributed by atoms with E-state index in [2.05, 4.69) is 31.0 Å². The normalized spacial score (nSPS) is 19.2. The molecule has 0 bridgehead atoms. The van der Waals surface area contributed by atoms with Gasteiger partial charge in [0.05, 0.1) is 0 Å². The molecule has 0 aromatic rings. The molecule has 1 unspecified atom stereocenters. The van der Waals surface area contributed by atoms with Gasteiger partial charge in [-0.2, -0.15) is 0 Å². The highest BCUT2D eigenvalue weighted by atomic mass is 16.1. The summed E-state index contributed by atoms with van der Waals surface area (Å²) in [5.74, 6) is 0.0914. The quantitative estimate of drug-likeness (QED) is 0.772. The molecule has 1 aliphatic rings. The minimum Gasteiger partial charge on any atom is -0.355 e. The van der Waals surface area contributed by atoms with Gasteiger partial charge in [-0.1, -0.05) is 27.2 Å². The van der Waals surface area contributed by atoms with Crippen LogP contribution >= 0.6 is 0 Å². The Bertz CT molecular complexity index is 267. The van der Waals surface area contributed by atoms with Crippen molar-refractivity contribution in [3.63, 3.8) is 0 Å². The van der Waals surface area contributed by atoms with Crippen LogP contribution in [0.5, 0.6) is 0 Å². The third-order valence-electron chi connectivity index (χ3n) is 3.52. The van der Waals surface area contributed by atoms with E-state index in [1.165, 1.54) is 32.4 Å². The van der Waals surface area contributed by atoms with Gasteiger partial charge in [-0.3, -0.25) is 4.79 Å². The average Bonchev–Trinajstić information content (AvgIpc) is 2.27. The first kappa shape index (κ1) is 16.4. The van der Waals surface area contributed by atoms with E-state index in [4.69, 9.17) is 5.73 Å². The highest BCUT2D eigenvalue weighted by Crippen LogP contribution is 2.20. The molecule has 1 rings (SSSR count). The number of piperidine rings is 1. The number of amides is 1. The van der Waals surface area contributed by atoms with Crippen molar-refractivity contribution in [2.24, 2.45) is 11.1 Å². The molecule has 4 nitrogen and oxygen atoms in total. The lowest BCUT2D eigenvalue weighted by Gasteiger charge is -2.26. The molecule has 0 spiro atoms. The van der Waals surface area contributed by atoms with Crippen LogP contribution < -0.4 is 11.1 Å². The van der Waals surface area contributed by atoms with E-state index in [1.54, 1.807) is 0 Å². The molecule has 19 heavy (non-hydrogen) atoms. The first-order chi connectivity index (χ1) is 8.87. The molecule has 1 fully saturated rings. The number of nitrogens with two attached hydrogens (primary N) is 1. The first-order valence-electron chi connectivity index (χ1n) is 7.61. The van der Waals surface area contributed by atoms with Crippen LogP contribution in [0.15, 0.2) is 0 Å². The number of nitrogens with zero attached hydrogens (tertiary/aromatic N) is 1. The molecule has 0 saturated carbocycles. The third-order valence-corrected chi connectivity index (χ3v) is 3.52. The van der Waals surface area contributed by atoms with Crippen LogP contribution in [0.25, 0.3) is 0 Å². The molecule has 112 valence electrons. The van der Waals surface area contributed by atoms with E-state index in [0.717, 1.165) is 19.5 Å². The number of nitrogens with one attached hydrogen (secondary N) is 1. The van der Waals surface area contributed by atoms with E-state index in [1.807, 2.05) is 0 Å². The Morgan fingerprint density at radius 3 is 2.47 bits per heavy atom. The minimum atomic E-state index is -0.0324. The Labute approximate surface area is 118 Å². The van der Waals surface area contributed by atoms with E-state index in [-0.39, 0.29) is 17.4 Å². The van der Waals surface area contributed by atoms with E-state index in [0.29, 0.717) is 6.42 Å². The Morgan fingerprint density at radius 2 is 1.89 bits per heavy atom. The molecule has 0 radical (unpaired) electrons. The van der Waals surface area contributed by atoms with Crippen LogP contribution in [0.4, 0.5) is 0 Å². The highest BCUT2D eigenvalue weighted by Gasteiger charge is 2.18. The van der Waals surface area contributed by atoms with E-state index in [9.17, 15) is 4.79 Å². The van der Waals surface area contributed by atoms with Crippen molar-refractivity contribution in [3.05, 3.63) is 0 Å². The molecule has 1 amide bonds. The van der Waals surface area contributed by atoms with E-state index >= 15 is 0 Å². The van der Waals surface area contributed by atoms with Crippen LogP contribution in [-0.2, 0) is 4.79 Å². The van der Waals surface area contributed by atoms with Gasteiger partial charge in [0.1, 0.15) is 0 Å². The zero-order chi connectivity index (χ0) is 14.3. The smallest absolute Gasteiger partial charge is 0.221 e. The average molecular weight is 269 g/mol. The molecule has 0 aliphatic carbocycles. The summed E-state index contributed by atoms with van der Waals surface area (Å²) in [6, 6.07) is -0.0324. The zero-order valence-corrected chi connectivity index (χ0v) is 12.9. The largest absolute Gasteiger partial charge is 0.355 e. The molecule has 1 atom stereocenters. The van der Waals surface area contributed by atoms with Gasteiger partial charge in [-0.15, -0.1) is 0 Å². The molecular weight excluding hydrogens is 238 g/mol. The molecule has 0 aromatic heterocycles. The fraction of sp³-hybridized carbons (Fsp3) is 0.933. The van der Waals surface area contributed by atoms with Crippen LogP contribution in [0.1, 0.15) is 52.9 Å². The fourth-order valence-electron chi connectivity index (χ4n) is 2.71. The SMILES string of the molecule is CC(C)(C)CC(N)CC(=O)NCCN1CCCCC1. The lowest BCUT2D eigenvalue weighted by Crippen LogP contribution is -2.39. The highest BCUT2D eigenvalue weighted by molar-refractivity contribution is 5.76. The van der Waals surface area contributed by atoms with Crippen LogP contribution in [0.3, 0.4) is 0 Å². The molecule has 3 N–H and O–H groups in total. The summed E-state index contributed by atoms with van der Waals surface area (Å²) < 4.78 is 0. The molecule has 1 heterocycles. The summed E-state index contributed by atoms with van der Waals surface area (Å²) in [4.78, 5) is 14.2. The maximum Gasteiger partial charge on any atom is 0.221 e. The van der Waals surface area contributed by atoms with Crippen LogP contribution in [0.2, 0.25) is 0 Å². The third kappa shape index (κ3) is 8.22. The predicted octanol–water partition coefficient (Wildman–Crippen LogP) is 1.74. The Kier molecular flexibility index (Phi) is 6.80. The number of likely N-dealkylation sites (tertiary alicyclic amines) is 1.